The van der Waals surface area contributed by atoms with Crippen LogP contribution < -0.4 is 5.69 Å². The van der Waals surface area contributed by atoms with Crippen LogP contribution in [0.4, 0.5) is 0 Å². The van der Waals surface area contributed by atoms with E-state index in [0.29, 0.717) is 11.8 Å². The van der Waals surface area contributed by atoms with E-state index >= 15 is 0 Å². The van der Waals surface area contributed by atoms with Crippen LogP contribution in [0.15, 0.2) is 89.7 Å². The standard InChI is InChI=1S/C30H34N4O/c35-30-31-28-13-7-8-14-29(28)34(30)26-15-17-32(18-16-26)20-25-21-33(19-23-9-3-1-4-10-23)22-27(25)24-11-5-2-6-12-24/h1-14,25-27H,15-22H2,(H,31,35). The lowest BCUT2D eigenvalue weighted by molar-refractivity contribution is 0.158. The molecule has 4 aromatic rings. The molecule has 2 unspecified atom stereocenters. The van der Waals surface area contributed by atoms with Gasteiger partial charge in [-0.2, -0.15) is 0 Å². The Morgan fingerprint density at radius 1 is 0.771 bits per heavy atom. The zero-order chi connectivity index (χ0) is 23.6. The summed E-state index contributed by atoms with van der Waals surface area (Å²) in [6.45, 7) is 6.49. The van der Waals surface area contributed by atoms with Crippen LogP contribution in [0.3, 0.4) is 0 Å². The minimum absolute atomic E-state index is 0.0288. The molecule has 2 fully saturated rings. The fourth-order valence-corrected chi connectivity index (χ4v) is 6.32. The molecule has 5 heteroatoms. The second kappa shape index (κ2) is 9.84. The molecule has 5 nitrogen and oxygen atoms in total. The predicted molar refractivity (Wildman–Crippen MR) is 142 cm³/mol. The molecular formula is C30H34N4O. The van der Waals surface area contributed by atoms with Crippen LogP contribution in [0, 0.1) is 5.92 Å². The van der Waals surface area contributed by atoms with Gasteiger partial charge in [-0.3, -0.25) is 9.47 Å². The first-order valence-corrected chi connectivity index (χ1v) is 13.0. The van der Waals surface area contributed by atoms with Crippen molar-refractivity contribution >= 4 is 11.0 Å². The third kappa shape index (κ3) is 4.71. The molecule has 2 aliphatic rings. The second-order valence-corrected chi connectivity index (χ2v) is 10.3. The molecule has 0 bridgehead atoms. The first-order chi connectivity index (χ1) is 17.2. The number of H-pyrrole nitrogens is 1. The summed E-state index contributed by atoms with van der Waals surface area (Å²) in [5.74, 6) is 1.18. The van der Waals surface area contributed by atoms with Crippen molar-refractivity contribution < 1.29 is 0 Å². The van der Waals surface area contributed by atoms with Crippen molar-refractivity contribution in [1.82, 2.24) is 19.4 Å². The number of likely N-dealkylation sites (tertiary alicyclic amines) is 2. The van der Waals surface area contributed by atoms with E-state index in [-0.39, 0.29) is 11.7 Å². The molecule has 0 spiro atoms. The number of piperidine rings is 1. The number of nitrogens with one attached hydrogen (secondary N) is 1. The lowest BCUT2D eigenvalue weighted by atomic mass is 9.88. The molecule has 2 saturated heterocycles. The number of benzene rings is 3. The Kier molecular flexibility index (Phi) is 6.28. The van der Waals surface area contributed by atoms with Gasteiger partial charge in [-0.05, 0) is 42.0 Å². The van der Waals surface area contributed by atoms with Gasteiger partial charge in [0.15, 0.2) is 0 Å². The summed E-state index contributed by atoms with van der Waals surface area (Å²) in [4.78, 5) is 21.0. The van der Waals surface area contributed by atoms with Gasteiger partial charge in [-0.15, -0.1) is 0 Å². The molecule has 2 aliphatic heterocycles. The average Bonchev–Trinajstić information content (AvgIpc) is 3.45. The van der Waals surface area contributed by atoms with Crippen LogP contribution in [-0.4, -0.2) is 52.1 Å². The van der Waals surface area contributed by atoms with E-state index in [4.69, 9.17) is 0 Å². The highest BCUT2D eigenvalue weighted by Gasteiger charge is 2.35. The number of fused-ring (bicyclic) bond motifs is 1. The highest BCUT2D eigenvalue weighted by atomic mass is 16.1. The maximum absolute atomic E-state index is 12.7. The van der Waals surface area contributed by atoms with E-state index in [1.165, 1.54) is 11.1 Å². The summed E-state index contributed by atoms with van der Waals surface area (Å²) in [6.07, 6.45) is 2.05. The van der Waals surface area contributed by atoms with E-state index < -0.39 is 0 Å². The number of hydrogen-bond donors (Lipinski definition) is 1. The summed E-state index contributed by atoms with van der Waals surface area (Å²) in [6, 6.07) is 30.3. The lowest BCUT2D eigenvalue weighted by Gasteiger charge is -2.35. The quantitative estimate of drug-likeness (QED) is 0.440. The van der Waals surface area contributed by atoms with Crippen LogP contribution in [0.1, 0.15) is 35.9 Å². The minimum atomic E-state index is 0.0288. The summed E-state index contributed by atoms with van der Waals surface area (Å²) in [5, 5.41) is 0. The fourth-order valence-electron chi connectivity index (χ4n) is 6.32. The minimum Gasteiger partial charge on any atom is -0.306 e. The van der Waals surface area contributed by atoms with Crippen molar-refractivity contribution in [3.05, 3.63) is 107 Å². The number of rotatable bonds is 6. The summed E-state index contributed by atoms with van der Waals surface area (Å²) in [5.41, 5.74) is 4.86. The number of para-hydroxylation sites is 2. The number of hydrogen-bond acceptors (Lipinski definition) is 3. The molecule has 2 atom stereocenters. The normalized spacial score (nSPS) is 22.2. The lowest BCUT2D eigenvalue weighted by Crippen LogP contribution is -2.40. The van der Waals surface area contributed by atoms with E-state index in [0.717, 1.165) is 63.1 Å². The van der Waals surface area contributed by atoms with E-state index in [9.17, 15) is 4.79 Å². The molecule has 35 heavy (non-hydrogen) atoms. The topological polar surface area (TPSA) is 44.3 Å². The van der Waals surface area contributed by atoms with Gasteiger partial charge in [-0.1, -0.05) is 72.8 Å². The zero-order valence-corrected chi connectivity index (χ0v) is 20.2. The molecule has 3 heterocycles. The molecule has 0 saturated carbocycles. The molecular weight excluding hydrogens is 432 g/mol. The number of nitrogens with zero attached hydrogens (tertiary/aromatic N) is 3. The number of imidazole rings is 1. The number of aromatic nitrogens is 2. The molecule has 0 radical (unpaired) electrons. The van der Waals surface area contributed by atoms with Gasteiger partial charge >= 0.3 is 5.69 Å². The Morgan fingerprint density at radius 2 is 1.46 bits per heavy atom. The van der Waals surface area contributed by atoms with Crippen molar-refractivity contribution in [1.29, 1.82) is 0 Å². The van der Waals surface area contributed by atoms with Crippen molar-refractivity contribution in [3.8, 4) is 0 Å². The SMILES string of the molecule is O=c1[nH]c2ccccc2n1C1CCN(CC2CN(Cc3ccccc3)CC2c2ccccc2)CC1. The molecule has 0 aliphatic carbocycles. The maximum Gasteiger partial charge on any atom is 0.326 e. The van der Waals surface area contributed by atoms with Gasteiger partial charge in [0.2, 0.25) is 0 Å². The van der Waals surface area contributed by atoms with Gasteiger partial charge in [-0.25, -0.2) is 4.79 Å². The zero-order valence-electron chi connectivity index (χ0n) is 20.2. The van der Waals surface area contributed by atoms with Crippen LogP contribution in [0.5, 0.6) is 0 Å². The Labute approximate surface area is 207 Å². The Hall–Kier alpha value is -3.15. The van der Waals surface area contributed by atoms with Gasteiger partial charge in [0.25, 0.3) is 0 Å². The van der Waals surface area contributed by atoms with E-state index in [2.05, 4.69) is 81.5 Å². The molecule has 180 valence electrons. The van der Waals surface area contributed by atoms with Gasteiger partial charge in [0, 0.05) is 51.2 Å². The van der Waals surface area contributed by atoms with Crippen molar-refractivity contribution in [3.63, 3.8) is 0 Å². The van der Waals surface area contributed by atoms with Gasteiger partial charge < -0.3 is 9.88 Å². The van der Waals surface area contributed by atoms with E-state index in [1.807, 2.05) is 22.8 Å². The van der Waals surface area contributed by atoms with Gasteiger partial charge in [0.1, 0.15) is 0 Å². The van der Waals surface area contributed by atoms with Crippen molar-refractivity contribution in [2.24, 2.45) is 5.92 Å². The number of aromatic amines is 1. The monoisotopic (exact) mass is 466 g/mol. The summed E-state index contributed by atoms with van der Waals surface area (Å²) >= 11 is 0. The van der Waals surface area contributed by atoms with Crippen molar-refractivity contribution in [2.75, 3.05) is 32.7 Å². The predicted octanol–water partition coefficient (Wildman–Crippen LogP) is 4.88. The third-order valence-electron chi connectivity index (χ3n) is 8.03. The smallest absolute Gasteiger partial charge is 0.306 e. The highest BCUT2D eigenvalue weighted by Crippen LogP contribution is 2.35. The summed E-state index contributed by atoms with van der Waals surface area (Å²) in [7, 11) is 0. The largest absolute Gasteiger partial charge is 0.326 e. The van der Waals surface area contributed by atoms with Crippen LogP contribution >= 0.6 is 0 Å². The summed E-state index contributed by atoms with van der Waals surface area (Å²) < 4.78 is 2.00. The first kappa shape index (κ1) is 22.3. The first-order valence-electron chi connectivity index (χ1n) is 13.0. The molecule has 1 aromatic heterocycles. The Morgan fingerprint density at radius 3 is 2.23 bits per heavy atom. The molecule has 1 N–H and O–H groups in total. The van der Waals surface area contributed by atoms with Crippen molar-refractivity contribution in [2.45, 2.75) is 31.3 Å². The molecule has 0 amide bonds. The average molecular weight is 467 g/mol. The molecule has 3 aromatic carbocycles. The van der Waals surface area contributed by atoms with Gasteiger partial charge in [0.05, 0.1) is 11.0 Å². The van der Waals surface area contributed by atoms with E-state index in [1.54, 1.807) is 0 Å². The van der Waals surface area contributed by atoms with Crippen LogP contribution in [0.2, 0.25) is 0 Å². The fraction of sp³-hybridized carbons (Fsp3) is 0.367. The van der Waals surface area contributed by atoms with Crippen LogP contribution in [0.25, 0.3) is 11.0 Å². The second-order valence-electron chi connectivity index (χ2n) is 10.3. The molecule has 6 rings (SSSR count). The van der Waals surface area contributed by atoms with Crippen LogP contribution in [-0.2, 0) is 6.54 Å². The highest BCUT2D eigenvalue weighted by molar-refractivity contribution is 5.75. The Balaban J connectivity index is 1.14. The third-order valence-corrected chi connectivity index (χ3v) is 8.03. The maximum atomic E-state index is 12.7. The Bertz CT molecular complexity index is 1300.